The summed E-state index contributed by atoms with van der Waals surface area (Å²) in [5.74, 6) is 0.0622. The smallest absolute Gasteiger partial charge is 0.262 e. The van der Waals surface area contributed by atoms with Crippen LogP contribution in [-0.2, 0) is 9.59 Å². The molecule has 1 aromatic heterocycles. The zero-order valence-corrected chi connectivity index (χ0v) is 16.9. The number of rotatable bonds is 8. The van der Waals surface area contributed by atoms with Crippen LogP contribution >= 0.6 is 11.3 Å². The third kappa shape index (κ3) is 6.20. The van der Waals surface area contributed by atoms with Gasteiger partial charge in [-0.3, -0.25) is 14.4 Å². The fraction of sp³-hybridized carbons (Fsp3) is 0.550. The summed E-state index contributed by atoms with van der Waals surface area (Å²) in [6.07, 6.45) is 3.55. The average molecular weight is 392 g/mol. The molecule has 2 heterocycles. The minimum atomic E-state index is -0.609. The van der Waals surface area contributed by atoms with Gasteiger partial charge in [-0.15, -0.1) is 17.9 Å². The topological polar surface area (TPSA) is 78.5 Å². The van der Waals surface area contributed by atoms with Crippen molar-refractivity contribution in [3.63, 3.8) is 0 Å². The van der Waals surface area contributed by atoms with Gasteiger partial charge in [-0.2, -0.15) is 0 Å². The van der Waals surface area contributed by atoms with Gasteiger partial charge < -0.3 is 15.5 Å². The standard InChI is InChI=1S/C20H29N3O3S/c1-4-9-21-20(26)18(22-19(25)16-6-5-12-27-16)15-7-10-23(11-8-15)17(24)13-14(2)3/h4-6,12,14-15,18H,1,7-11,13H2,2-3H3,(H,21,26)(H,22,25). The largest absolute Gasteiger partial charge is 0.351 e. The summed E-state index contributed by atoms with van der Waals surface area (Å²) in [4.78, 5) is 39.8. The Hall–Kier alpha value is -2.15. The van der Waals surface area contributed by atoms with Crippen LogP contribution in [0.15, 0.2) is 30.2 Å². The molecule has 0 spiro atoms. The van der Waals surface area contributed by atoms with E-state index in [4.69, 9.17) is 0 Å². The zero-order chi connectivity index (χ0) is 19.8. The molecule has 27 heavy (non-hydrogen) atoms. The van der Waals surface area contributed by atoms with Crippen molar-refractivity contribution in [1.29, 1.82) is 0 Å². The van der Waals surface area contributed by atoms with Crippen molar-refractivity contribution in [2.45, 2.75) is 39.2 Å². The number of thiophene rings is 1. The highest BCUT2D eigenvalue weighted by Gasteiger charge is 2.34. The van der Waals surface area contributed by atoms with Gasteiger partial charge in [0.2, 0.25) is 11.8 Å². The molecule has 1 aliphatic heterocycles. The molecule has 2 rings (SSSR count). The van der Waals surface area contributed by atoms with Gasteiger partial charge in [-0.1, -0.05) is 26.0 Å². The maximum absolute atomic E-state index is 12.6. The van der Waals surface area contributed by atoms with Crippen molar-refractivity contribution in [3.8, 4) is 0 Å². The number of carbonyl (C=O) groups is 3. The van der Waals surface area contributed by atoms with Gasteiger partial charge in [0.05, 0.1) is 4.88 Å². The monoisotopic (exact) mass is 391 g/mol. The Labute approximate surface area is 165 Å². The van der Waals surface area contributed by atoms with Gasteiger partial charge in [0.1, 0.15) is 6.04 Å². The third-order valence-corrected chi connectivity index (χ3v) is 5.55. The lowest BCUT2D eigenvalue weighted by Gasteiger charge is -2.36. The first-order chi connectivity index (χ1) is 12.9. The molecule has 3 amide bonds. The normalized spacial score (nSPS) is 16.0. The molecule has 0 radical (unpaired) electrons. The van der Waals surface area contributed by atoms with Crippen molar-refractivity contribution < 1.29 is 14.4 Å². The van der Waals surface area contributed by atoms with Gasteiger partial charge in [0, 0.05) is 26.1 Å². The number of piperidine rings is 1. The Morgan fingerprint density at radius 3 is 2.59 bits per heavy atom. The van der Waals surface area contributed by atoms with Crippen LogP contribution in [0.4, 0.5) is 0 Å². The molecular formula is C20H29N3O3S. The summed E-state index contributed by atoms with van der Waals surface area (Å²) in [5, 5.41) is 7.52. The first-order valence-corrected chi connectivity index (χ1v) is 10.3. The molecule has 1 aromatic rings. The number of nitrogens with one attached hydrogen (secondary N) is 2. The van der Waals surface area contributed by atoms with Gasteiger partial charge >= 0.3 is 0 Å². The van der Waals surface area contributed by atoms with E-state index in [-0.39, 0.29) is 23.6 Å². The molecule has 6 nitrogen and oxygen atoms in total. The van der Waals surface area contributed by atoms with Gasteiger partial charge in [-0.25, -0.2) is 0 Å². The fourth-order valence-corrected chi connectivity index (χ4v) is 3.89. The second-order valence-electron chi connectivity index (χ2n) is 7.28. The predicted octanol–water partition coefficient (Wildman–Crippen LogP) is 2.43. The predicted molar refractivity (Wildman–Crippen MR) is 108 cm³/mol. The SMILES string of the molecule is C=CCNC(=O)C(NC(=O)c1cccs1)C1CCN(C(=O)CC(C)C)CC1. The number of likely N-dealkylation sites (tertiary alicyclic amines) is 1. The second kappa shape index (κ2) is 10.3. The highest BCUT2D eigenvalue weighted by molar-refractivity contribution is 7.12. The number of hydrogen-bond acceptors (Lipinski definition) is 4. The molecule has 1 atom stereocenters. The molecule has 1 unspecified atom stereocenters. The van der Waals surface area contributed by atoms with Crippen molar-refractivity contribution in [2.75, 3.05) is 19.6 Å². The van der Waals surface area contributed by atoms with Crippen LogP contribution < -0.4 is 10.6 Å². The molecular weight excluding hydrogens is 362 g/mol. The number of nitrogens with zero attached hydrogens (tertiary/aromatic N) is 1. The van der Waals surface area contributed by atoms with E-state index < -0.39 is 6.04 Å². The minimum Gasteiger partial charge on any atom is -0.351 e. The highest BCUT2D eigenvalue weighted by Crippen LogP contribution is 2.23. The molecule has 1 saturated heterocycles. The summed E-state index contributed by atoms with van der Waals surface area (Å²) >= 11 is 1.35. The number of hydrogen-bond donors (Lipinski definition) is 2. The lowest BCUT2D eigenvalue weighted by molar-refractivity contribution is -0.133. The first kappa shape index (κ1) is 21.2. The van der Waals surface area contributed by atoms with Crippen LogP contribution in [0.25, 0.3) is 0 Å². The molecule has 7 heteroatoms. The molecule has 0 saturated carbocycles. The second-order valence-corrected chi connectivity index (χ2v) is 8.23. The molecule has 0 bridgehead atoms. The van der Waals surface area contributed by atoms with Crippen molar-refractivity contribution in [3.05, 3.63) is 35.0 Å². The van der Waals surface area contributed by atoms with E-state index in [0.29, 0.717) is 49.7 Å². The Balaban J connectivity index is 2.01. The zero-order valence-electron chi connectivity index (χ0n) is 16.1. The molecule has 1 aliphatic rings. The molecule has 2 N–H and O–H groups in total. The summed E-state index contributed by atoms with van der Waals surface area (Å²) in [6, 6.07) is 2.94. The van der Waals surface area contributed by atoms with Crippen molar-refractivity contribution in [1.82, 2.24) is 15.5 Å². The van der Waals surface area contributed by atoms with Crippen LogP contribution in [0.5, 0.6) is 0 Å². The van der Waals surface area contributed by atoms with E-state index in [2.05, 4.69) is 17.2 Å². The van der Waals surface area contributed by atoms with E-state index in [0.717, 1.165) is 0 Å². The fourth-order valence-electron chi connectivity index (χ4n) is 3.26. The maximum Gasteiger partial charge on any atom is 0.262 e. The summed E-state index contributed by atoms with van der Waals surface area (Å²) in [6.45, 7) is 9.28. The quantitative estimate of drug-likeness (QED) is 0.668. The van der Waals surface area contributed by atoms with Crippen LogP contribution in [0, 0.1) is 11.8 Å². The number of carbonyl (C=O) groups excluding carboxylic acids is 3. The summed E-state index contributed by atoms with van der Waals surface area (Å²) in [5.41, 5.74) is 0. The maximum atomic E-state index is 12.6. The molecule has 0 aromatic carbocycles. The van der Waals surface area contributed by atoms with E-state index in [1.165, 1.54) is 11.3 Å². The Bertz CT molecular complexity index is 649. The Morgan fingerprint density at radius 2 is 2.04 bits per heavy atom. The van der Waals surface area contributed by atoms with Crippen LogP contribution in [0.1, 0.15) is 42.8 Å². The van der Waals surface area contributed by atoms with E-state index in [9.17, 15) is 14.4 Å². The highest BCUT2D eigenvalue weighted by atomic mass is 32.1. The average Bonchev–Trinajstić information content (AvgIpc) is 3.18. The third-order valence-electron chi connectivity index (χ3n) is 4.68. The van der Waals surface area contributed by atoms with Crippen LogP contribution in [0.2, 0.25) is 0 Å². The van der Waals surface area contributed by atoms with Crippen molar-refractivity contribution in [2.24, 2.45) is 11.8 Å². The lowest BCUT2D eigenvalue weighted by Crippen LogP contribution is -2.53. The van der Waals surface area contributed by atoms with Crippen LogP contribution in [0.3, 0.4) is 0 Å². The Kier molecular flexibility index (Phi) is 8.03. The van der Waals surface area contributed by atoms with E-state index in [1.54, 1.807) is 12.1 Å². The minimum absolute atomic E-state index is 0.00169. The van der Waals surface area contributed by atoms with E-state index >= 15 is 0 Å². The molecule has 1 fully saturated rings. The van der Waals surface area contributed by atoms with E-state index in [1.807, 2.05) is 30.2 Å². The molecule has 148 valence electrons. The van der Waals surface area contributed by atoms with Crippen LogP contribution in [-0.4, -0.2) is 48.3 Å². The number of amides is 3. The summed E-state index contributed by atoms with van der Waals surface area (Å²) in [7, 11) is 0. The Morgan fingerprint density at radius 1 is 1.33 bits per heavy atom. The summed E-state index contributed by atoms with van der Waals surface area (Å²) < 4.78 is 0. The van der Waals surface area contributed by atoms with Gasteiger partial charge in [-0.05, 0) is 36.1 Å². The lowest BCUT2D eigenvalue weighted by atomic mass is 9.88. The first-order valence-electron chi connectivity index (χ1n) is 9.43. The van der Waals surface area contributed by atoms with Gasteiger partial charge in [0.25, 0.3) is 5.91 Å². The van der Waals surface area contributed by atoms with Gasteiger partial charge in [0.15, 0.2) is 0 Å². The molecule has 0 aliphatic carbocycles. The van der Waals surface area contributed by atoms with Crippen molar-refractivity contribution >= 4 is 29.1 Å².